The molecule has 16 heavy (non-hydrogen) atoms. The Morgan fingerprint density at radius 3 is 3.00 bits per heavy atom. The molecule has 1 aromatic carbocycles. The van der Waals surface area contributed by atoms with Crippen LogP contribution in [-0.2, 0) is 4.79 Å². The normalized spacial score (nSPS) is 19.6. The topological polar surface area (TPSA) is 67.1 Å². The van der Waals surface area contributed by atoms with Crippen molar-refractivity contribution < 1.29 is 4.79 Å². The van der Waals surface area contributed by atoms with E-state index in [9.17, 15) is 4.79 Å². The number of anilines is 2. The molecule has 4 N–H and O–H groups in total. The lowest BCUT2D eigenvalue weighted by Crippen LogP contribution is -2.31. The minimum absolute atomic E-state index is 0.154. The second-order valence-electron chi connectivity index (χ2n) is 4.26. The molecule has 4 heteroatoms. The van der Waals surface area contributed by atoms with E-state index in [1.165, 1.54) is 0 Å². The molecular weight excluding hydrogens is 202 g/mol. The highest BCUT2D eigenvalue weighted by molar-refractivity contribution is 5.78. The number of aryl methyl sites for hydroxylation is 1. The first-order chi connectivity index (χ1) is 7.65. The van der Waals surface area contributed by atoms with Crippen molar-refractivity contribution in [2.45, 2.75) is 25.8 Å². The Balaban J connectivity index is 1.92. The second-order valence-corrected chi connectivity index (χ2v) is 4.26. The molecule has 0 aromatic heterocycles. The van der Waals surface area contributed by atoms with Gasteiger partial charge in [0.1, 0.15) is 0 Å². The minimum atomic E-state index is 0.154. The number of nitrogens with one attached hydrogen (secondary N) is 2. The monoisotopic (exact) mass is 219 g/mol. The van der Waals surface area contributed by atoms with E-state index in [1.807, 2.05) is 25.1 Å². The molecule has 1 aliphatic heterocycles. The van der Waals surface area contributed by atoms with E-state index in [1.54, 1.807) is 0 Å². The molecule has 1 heterocycles. The summed E-state index contributed by atoms with van der Waals surface area (Å²) in [6, 6.07) is 6.05. The highest BCUT2D eigenvalue weighted by Crippen LogP contribution is 2.18. The van der Waals surface area contributed by atoms with Crippen LogP contribution in [0.3, 0.4) is 0 Å². The third kappa shape index (κ3) is 2.45. The van der Waals surface area contributed by atoms with Crippen LogP contribution in [-0.4, -0.2) is 18.5 Å². The predicted octanol–water partition coefficient (Wildman–Crippen LogP) is 1.27. The van der Waals surface area contributed by atoms with Gasteiger partial charge in [0.25, 0.3) is 0 Å². The smallest absolute Gasteiger partial charge is 0.220 e. The van der Waals surface area contributed by atoms with Gasteiger partial charge < -0.3 is 16.4 Å². The number of benzene rings is 1. The molecule has 0 bridgehead atoms. The fourth-order valence-corrected chi connectivity index (χ4v) is 1.95. The van der Waals surface area contributed by atoms with Crippen molar-refractivity contribution in [3.8, 4) is 0 Å². The average Bonchev–Trinajstić information content (AvgIpc) is 2.63. The largest absolute Gasteiger partial charge is 0.399 e. The van der Waals surface area contributed by atoms with Crippen molar-refractivity contribution >= 4 is 17.3 Å². The Morgan fingerprint density at radius 1 is 1.56 bits per heavy atom. The summed E-state index contributed by atoms with van der Waals surface area (Å²) < 4.78 is 0. The van der Waals surface area contributed by atoms with Gasteiger partial charge in [-0.25, -0.2) is 0 Å². The third-order valence-electron chi connectivity index (χ3n) is 2.87. The first-order valence-corrected chi connectivity index (χ1v) is 5.54. The summed E-state index contributed by atoms with van der Waals surface area (Å²) in [6.07, 6.45) is 1.56. The SMILES string of the molecule is Cc1cc(N)ccc1NCC1CCC(=O)N1. The number of carbonyl (C=O) groups is 1. The lowest BCUT2D eigenvalue weighted by molar-refractivity contribution is -0.119. The highest BCUT2D eigenvalue weighted by Gasteiger charge is 2.20. The maximum Gasteiger partial charge on any atom is 0.220 e. The van der Waals surface area contributed by atoms with Gasteiger partial charge in [0.15, 0.2) is 0 Å². The lowest BCUT2D eigenvalue weighted by Gasteiger charge is -2.14. The number of carbonyl (C=O) groups excluding carboxylic acids is 1. The molecule has 1 saturated heterocycles. The van der Waals surface area contributed by atoms with Gasteiger partial charge in [-0.1, -0.05) is 0 Å². The van der Waals surface area contributed by atoms with E-state index >= 15 is 0 Å². The van der Waals surface area contributed by atoms with E-state index in [2.05, 4.69) is 10.6 Å². The zero-order valence-corrected chi connectivity index (χ0v) is 9.42. The summed E-state index contributed by atoms with van der Waals surface area (Å²) in [5, 5.41) is 6.26. The average molecular weight is 219 g/mol. The highest BCUT2D eigenvalue weighted by atomic mass is 16.1. The number of hydrogen-bond acceptors (Lipinski definition) is 3. The standard InChI is InChI=1S/C12H17N3O/c1-8-6-9(13)2-4-11(8)14-7-10-3-5-12(16)15-10/h2,4,6,10,14H,3,5,7,13H2,1H3,(H,15,16). The third-order valence-corrected chi connectivity index (χ3v) is 2.87. The van der Waals surface area contributed by atoms with Crippen LogP contribution in [0.4, 0.5) is 11.4 Å². The van der Waals surface area contributed by atoms with E-state index in [4.69, 9.17) is 5.73 Å². The number of nitrogen functional groups attached to an aromatic ring is 1. The quantitative estimate of drug-likeness (QED) is 0.671. The van der Waals surface area contributed by atoms with Crippen molar-refractivity contribution in [2.75, 3.05) is 17.6 Å². The van der Waals surface area contributed by atoms with Crippen LogP contribution in [0.25, 0.3) is 0 Å². The van der Waals surface area contributed by atoms with Gasteiger partial charge in [-0.3, -0.25) is 4.79 Å². The molecule has 0 spiro atoms. The first kappa shape index (κ1) is 10.8. The van der Waals surface area contributed by atoms with Gasteiger partial charge in [-0.2, -0.15) is 0 Å². The van der Waals surface area contributed by atoms with Crippen LogP contribution in [0.2, 0.25) is 0 Å². The Bertz CT molecular complexity index is 403. The fourth-order valence-electron chi connectivity index (χ4n) is 1.95. The Labute approximate surface area is 95.2 Å². The molecule has 1 aromatic rings. The molecule has 1 atom stereocenters. The fraction of sp³-hybridized carbons (Fsp3) is 0.417. The van der Waals surface area contributed by atoms with Gasteiger partial charge >= 0.3 is 0 Å². The van der Waals surface area contributed by atoms with E-state index in [-0.39, 0.29) is 11.9 Å². The molecule has 1 fully saturated rings. The summed E-state index contributed by atoms with van der Waals surface area (Å²) >= 11 is 0. The molecule has 1 amide bonds. The Hall–Kier alpha value is -1.71. The summed E-state index contributed by atoms with van der Waals surface area (Å²) in [6.45, 7) is 2.79. The van der Waals surface area contributed by atoms with Gasteiger partial charge in [0, 0.05) is 30.4 Å². The summed E-state index contributed by atoms with van der Waals surface area (Å²) in [4.78, 5) is 11.0. The molecule has 1 unspecified atom stereocenters. The van der Waals surface area contributed by atoms with Gasteiger partial charge in [-0.15, -0.1) is 0 Å². The number of nitrogens with two attached hydrogens (primary N) is 1. The van der Waals surface area contributed by atoms with Crippen LogP contribution in [0.5, 0.6) is 0 Å². The van der Waals surface area contributed by atoms with Crippen molar-refractivity contribution in [3.05, 3.63) is 23.8 Å². The van der Waals surface area contributed by atoms with Crippen LogP contribution >= 0.6 is 0 Å². The Kier molecular flexibility index (Phi) is 2.99. The van der Waals surface area contributed by atoms with E-state index in [0.29, 0.717) is 6.42 Å². The lowest BCUT2D eigenvalue weighted by atomic mass is 10.1. The summed E-state index contributed by atoms with van der Waals surface area (Å²) in [5.41, 5.74) is 8.66. The minimum Gasteiger partial charge on any atom is -0.399 e. The van der Waals surface area contributed by atoms with E-state index < -0.39 is 0 Å². The molecule has 0 saturated carbocycles. The van der Waals surface area contributed by atoms with Crippen LogP contribution in [0, 0.1) is 6.92 Å². The van der Waals surface area contributed by atoms with Crippen molar-refractivity contribution in [3.63, 3.8) is 0 Å². The van der Waals surface area contributed by atoms with Crippen molar-refractivity contribution in [2.24, 2.45) is 0 Å². The number of hydrogen-bond donors (Lipinski definition) is 3. The van der Waals surface area contributed by atoms with Gasteiger partial charge in [0.2, 0.25) is 5.91 Å². The van der Waals surface area contributed by atoms with Crippen LogP contribution in [0.15, 0.2) is 18.2 Å². The van der Waals surface area contributed by atoms with Crippen LogP contribution in [0.1, 0.15) is 18.4 Å². The van der Waals surface area contributed by atoms with Gasteiger partial charge in [0.05, 0.1) is 0 Å². The van der Waals surface area contributed by atoms with Crippen LogP contribution < -0.4 is 16.4 Å². The summed E-state index contributed by atoms with van der Waals surface area (Å²) in [5.74, 6) is 0.154. The second kappa shape index (κ2) is 4.43. The zero-order chi connectivity index (χ0) is 11.5. The first-order valence-electron chi connectivity index (χ1n) is 5.54. The summed E-state index contributed by atoms with van der Waals surface area (Å²) in [7, 11) is 0. The zero-order valence-electron chi connectivity index (χ0n) is 9.42. The molecule has 4 nitrogen and oxygen atoms in total. The maximum absolute atomic E-state index is 11.0. The molecule has 0 aliphatic carbocycles. The van der Waals surface area contributed by atoms with E-state index in [0.717, 1.165) is 29.9 Å². The van der Waals surface area contributed by atoms with Gasteiger partial charge in [-0.05, 0) is 37.1 Å². The van der Waals surface area contributed by atoms with Crippen molar-refractivity contribution in [1.29, 1.82) is 0 Å². The molecule has 2 rings (SSSR count). The molecule has 86 valence electrons. The Morgan fingerprint density at radius 2 is 2.38 bits per heavy atom. The van der Waals surface area contributed by atoms with Crippen molar-refractivity contribution in [1.82, 2.24) is 5.32 Å². The predicted molar refractivity (Wildman–Crippen MR) is 65.2 cm³/mol. The molecule has 0 radical (unpaired) electrons. The molecule has 1 aliphatic rings. The maximum atomic E-state index is 11.0. The molecular formula is C12H17N3O. The number of amides is 1. The number of rotatable bonds is 3.